The summed E-state index contributed by atoms with van der Waals surface area (Å²) in [5.74, 6) is 0.547. The first-order valence-electron chi connectivity index (χ1n) is 4.13. The molecule has 0 radical (unpaired) electrons. The number of nitrogens with zero attached hydrogens (tertiary/aromatic N) is 1. The average molecular weight is 213 g/mol. The minimum Gasteiger partial charge on any atom is -0.494 e. The topological polar surface area (TPSA) is 52.4 Å². The predicted molar refractivity (Wildman–Crippen MR) is 56.0 cm³/mol. The Balaban J connectivity index is 3.06. The molecule has 14 heavy (non-hydrogen) atoms. The van der Waals surface area contributed by atoms with Crippen LogP contribution in [0.4, 0.5) is 5.69 Å². The fraction of sp³-hybridized carbons (Fsp3) is 0.333. The van der Waals surface area contributed by atoms with Crippen molar-refractivity contribution in [1.29, 1.82) is 0 Å². The summed E-state index contributed by atoms with van der Waals surface area (Å²) in [5.41, 5.74) is 0.0697. The molecular weight excluding hydrogens is 202 g/mol. The van der Waals surface area contributed by atoms with Gasteiger partial charge in [-0.05, 0) is 19.2 Å². The van der Waals surface area contributed by atoms with Crippen molar-refractivity contribution in [2.75, 3.05) is 12.9 Å². The molecule has 0 atom stereocenters. The van der Waals surface area contributed by atoms with Crippen LogP contribution in [0.2, 0.25) is 0 Å². The molecule has 76 valence electrons. The summed E-state index contributed by atoms with van der Waals surface area (Å²) >= 11 is 1.46. The van der Waals surface area contributed by atoms with Crippen LogP contribution in [0.1, 0.15) is 6.92 Å². The number of rotatable bonds is 4. The van der Waals surface area contributed by atoms with Crippen LogP contribution in [0.25, 0.3) is 0 Å². The number of nitro benzene ring substituents is 1. The van der Waals surface area contributed by atoms with Gasteiger partial charge in [0.25, 0.3) is 5.69 Å². The van der Waals surface area contributed by atoms with Crippen molar-refractivity contribution < 1.29 is 9.66 Å². The van der Waals surface area contributed by atoms with Gasteiger partial charge in [-0.3, -0.25) is 10.1 Å². The van der Waals surface area contributed by atoms with Crippen molar-refractivity contribution in [3.8, 4) is 5.75 Å². The molecule has 4 nitrogen and oxygen atoms in total. The number of thioether (sulfide) groups is 1. The van der Waals surface area contributed by atoms with Crippen LogP contribution in [-0.4, -0.2) is 17.8 Å². The van der Waals surface area contributed by atoms with Crippen LogP contribution in [0, 0.1) is 10.1 Å². The first-order valence-corrected chi connectivity index (χ1v) is 5.36. The van der Waals surface area contributed by atoms with Crippen LogP contribution in [0.15, 0.2) is 23.1 Å². The van der Waals surface area contributed by atoms with Gasteiger partial charge in [-0.25, -0.2) is 0 Å². The summed E-state index contributed by atoms with van der Waals surface area (Å²) in [7, 11) is 0. The lowest BCUT2D eigenvalue weighted by molar-refractivity contribution is -0.385. The molecule has 0 fully saturated rings. The van der Waals surface area contributed by atoms with Crippen molar-refractivity contribution >= 4 is 17.4 Å². The summed E-state index contributed by atoms with van der Waals surface area (Å²) in [6.45, 7) is 2.35. The van der Waals surface area contributed by atoms with E-state index in [1.54, 1.807) is 6.07 Å². The lowest BCUT2D eigenvalue weighted by Gasteiger charge is -2.04. The maximum atomic E-state index is 10.6. The normalized spacial score (nSPS) is 9.86. The van der Waals surface area contributed by atoms with Gasteiger partial charge in [-0.1, -0.05) is 0 Å². The van der Waals surface area contributed by atoms with Gasteiger partial charge in [0.2, 0.25) is 0 Å². The molecule has 5 heteroatoms. The Bertz CT molecular complexity index is 341. The predicted octanol–water partition coefficient (Wildman–Crippen LogP) is 2.72. The summed E-state index contributed by atoms with van der Waals surface area (Å²) in [5, 5.41) is 10.6. The second-order valence-electron chi connectivity index (χ2n) is 2.56. The molecule has 0 aliphatic rings. The van der Waals surface area contributed by atoms with Gasteiger partial charge in [0, 0.05) is 11.0 Å². The van der Waals surface area contributed by atoms with E-state index in [9.17, 15) is 10.1 Å². The Kier molecular flexibility index (Phi) is 3.76. The summed E-state index contributed by atoms with van der Waals surface area (Å²) in [4.78, 5) is 11.0. The van der Waals surface area contributed by atoms with Crippen LogP contribution >= 0.6 is 11.8 Å². The molecule has 0 unspecified atom stereocenters. The van der Waals surface area contributed by atoms with E-state index >= 15 is 0 Å². The number of nitro groups is 1. The number of hydrogen-bond acceptors (Lipinski definition) is 4. The van der Waals surface area contributed by atoms with E-state index in [0.29, 0.717) is 12.4 Å². The smallest absolute Gasteiger partial charge is 0.274 e. The Morgan fingerprint density at radius 3 is 2.71 bits per heavy atom. The largest absolute Gasteiger partial charge is 0.494 e. The monoisotopic (exact) mass is 213 g/mol. The van der Waals surface area contributed by atoms with E-state index in [1.807, 2.05) is 13.2 Å². The van der Waals surface area contributed by atoms with Gasteiger partial charge in [-0.15, -0.1) is 11.8 Å². The molecular formula is C9H11NO3S. The Morgan fingerprint density at radius 1 is 1.50 bits per heavy atom. The Morgan fingerprint density at radius 2 is 2.21 bits per heavy atom. The lowest BCUT2D eigenvalue weighted by atomic mass is 10.3. The second kappa shape index (κ2) is 4.85. The standard InChI is InChI=1S/C9H11NO3S/c1-3-13-8-4-7(10(11)12)5-9(6-8)14-2/h4-6H,3H2,1-2H3. The van der Waals surface area contributed by atoms with Crippen LogP contribution in [0.3, 0.4) is 0 Å². The lowest BCUT2D eigenvalue weighted by Crippen LogP contribution is -1.94. The van der Waals surface area contributed by atoms with Crippen LogP contribution in [0.5, 0.6) is 5.75 Å². The highest BCUT2D eigenvalue weighted by Crippen LogP contribution is 2.27. The van der Waals surface area contributed by atoms with Crippen molar-refractivity contribution in [3.63, 3.8) is 0 Å². The van der Waals surface area contributed by atoms with E-state index in [1.165, 1.54) is 23.9 Å². The summed E-state index contributed by atoms with van der Waals surface area (Å²) < 4.78 is 5.22. The fourth-order valence-corrected chi connectivity index (χ4v) is 1.50. The minimum atomic E-state index is -0.414. The molecule has 0 heterocycles. The van der Waals surface area contributed by atoms with E-state index in [-0.39, 0.29) is 5.69 Å². The van der Waals surface area contributed by atoms with Gasteiger partial charge in [-0.2, -0.15) is 0 Å². The molecule has 0 aliphatic heterocycles. The zero-order valence-corrected chi connectivity index (χ0v) is 8.84. The van der Waals surface area contributed by atoms with Crippen molar-refractivity contribution in [2.24, 2.45) is 0 Å². The maximum Gasteiger partial charge on any atom is 0.274 e. The van der Waals surface area contributed by atoms with Gasteiger partial charge < -0.3 is 4.74 Å². The highest BCUT2D eigenvalue weighted by molar-refractivity contribution is 7.98. The van der Waals surface area contributed by atoms with Crippen LogP contribution in [-0.2, 0) is 0 Å². The van der Waals surface area contributed by atoms with Gasteiger partial charge >= 0.3 is 0 Å². The van der Waals surface area contributed by atoms with E-state index < -0.39 is 4.92 Å². The quantitative estimate of drug-likeness (QED) is 0.438. The van der Waals surface area contributed by atoms with Crippen molar-refractivity contribution in [3.05, 3.63) is 28.3 Å². The van der Waals surface area contributed by atoms with E-state index in [2.05, 4.69) is 0 Å². The number of benzene rings is 1. The number of ether oxygens (including phenoxy) is 1. The van der Waals surface area contributed by atoms with Crippen molar-refractivity contribution in [1.82, 2.24) is 0 Å². The molecule has 0 spiro atoms. The molecule has 0 saturated heterocycles. The third-order valence-electron chi connectivity index (χ3n) is 1.62. The number of hydrogen-bond donors (Lipinski definition) is 0. The molecule has 0 saturated carbocycles. The minimum absolute atomic E-state index is 0.0697. The zero-order valence-electron chi connectivity index (χ0n) is 8.02. The molecule has 0 aliphatic carbocycles. The van der Waals surface area contributed by atoms with Gasteiger partial charge in [0.05, 0.1) is 17.6 Å². The number of non-ortho nitro benzene ring substituents is 1. The highest BCUT2D eigenvalue weighted by atomic mass is 32.2. The maximum absolute atomic E-state index is 10.6. The third-order valence-corrected chi connectivity index (χ3v) is 2.33. The Labute approximate surface area is 86.4 Å². The molecule has 0 N–H and O–H groups in total. The molecule has 1 aromatic rings. The van der Waals surface area contributed by atoms with E-state index in [4.69, 9.17) is 4.74 Å². The first kappa shape index (κ1) is 10.8. The molecule has 0 amide bonds. The molecule has 0 bridgehead atoms. The third kappa shape index (κ3) is 2.63. The van der Waals surface area contributed by atoms with Gasteiger partial charge in [0.15, 0.2) is 0 Å². The molecule has 1 aromatic carbocycles. The first-order chi connectivity index (χ1) is 6.67. The molecule has 0 aromatic heterocycles. The van der Waals surface area contributed by atoms with E-state index in [0.717, 1.165) is 4.90 Å². The average Bonchev–Trinajstić information content (AvgIpc) is 2.17. The SMILES string of the molecule is CCOc1cc(SC)cc([N+](=O)[O-])c1. The van der Waals surface area contributed by atoms with Crippen LogP contribution < -0.4 is 4.74 Å². The second-order valence-corrected chi connectivity index (χ2v) is 3.44. The van der Waals surface area contributed by atoms with Gasteiger partial charge in [0.1, 0.15) is 5.75 Å². The summed E-state index contributed by atoms with van der Waals surface area (Å²) in [6, 6.07) is 4.76. The van der Waals surface area contributed by atoms with Crippen molar-refractivity contribution in [2.45, 2.75) is 11.8 Å². The Hall–Kier alpha value is -1.23. The highest BCUT2D eigenvalue weighted by Gasteiger charge is 2.09. The molecule has 1 rings (SSSR count). The summed E-state index contributed by atoms with van der Waals surface area (Å²) in [6.07, 6.45) is 1.87. The fourth-order valence-electron chi connectivity index (χ4n) is 1.03. The zero-order chi connectivity index (χ0) is 10.6.